The summed E-state index contributed by atoms with van der Waals surface area (Å²) in [6, 6.07) is 8.79. The third-order valence-corrected chi connectivity index (χ3v) is 4.71. The van der Waals surface area contributed by atoms with E-state index in [-0.39, 0.29) is 16.3 Å². The average Bonchev–Trinajstić information content (AvgIpc) is 3.16. The number of carbonyl (C=O) groups is 2. The maximum Gasteiger partial charge on any atom is 0.357 e. The lowest BCUT2D eigenvalue weighted by atomic mass is 10.1. The lowest BCUT2D eigenvalue weighted by molar-refractivity contribution is 0.00604. The molecule has 7 nitrogen and oxygen atoms in total. The predicted molar refractivity (Wildman–Crippen MR) is 122 cm³/mol. The molecule has 3 rings (SSSR count). The number of hydrogen-bond acceptors (Lipinski definition) is 5. The summed E-state index contributed by atoms with van der Waals surface area (Å²) in [5, 5.41) is 2.79. The number of aromatic nitrogens is 2. The van der Waals surface area contributed by atoms with Crippen LogP contribution in [0.4, 0.5) is 15.8 Å². The zero-order valence-electron chi connectivity index (χ0n) is 18.4. The first-order chi connectivity index (χ1) is 15.0. The van der Waals surface area contributed by atoms with Crippen molar-refractivity contribution in [2.75, 3.05) is 24.3 Å². The molecule has 0 aliphatic carbocycles. The first kappa shape index (κ1) is 23.3. The smallest absolute Gasteiger partial charge is 0.357 e. The van der Waals surface area contributed by atoms with Crippen molar-refractivity contribution in [2.24, 2.45) is 0 Å². The number of nitrogens with zero attached hydrogens (tertiary/aromatic N) is 3. The van der Waals surface area contributed by atoms with Crippen LogP contribution in [0.15, 0.2) is 48.9 Å². The molecule has 0 unspecified atom stereocenters. The molecule has 0 saturated heterocycles. The van der Waals surface area contributed by atoms with Crippen molar-refractivity contribution < 1.29 is 18.7 Å². The molecule has 0 radical (unpaired) electrons. The number of nitrogens with one attached hydrogen (secondary N) is 1. The first-order valence-corrected chi connectivity index (χ1v) is 10.2. The van der Waals surface area contributed by atoms with Gasteiger partial charge in [0.1, 0.15) is 11.4 Å². The normalized spacial score (nSPS) is 11.2. The highest BCUT2D eigenvalue weighted by Gasteiger charge is 2.23. The summed E-state index contributed by atoms with van der Waals surface area (Å²) in [6.45, 7) is 5.38. The van der Waals surface area contributed by atoms with Crippen molar-refractivity contribution in [3.63, 3.8) is 0 Å². The van der Waals surface area contributed by atoms with Crippen LogP contribution in [0.1, 0.15) is 41.6 Å². The SMILES string of the molecule is CN(C)c1cc(NC(=O)c2ccc(F)cc2Cl)ccc1-n1cncc1C(=O)OC(C)(C)C. The van der Waals surface area contributed by atoms with Crippen LogP contribution in [0, 0.1) is 5.82 Å². The van der Waals surface area contributed by atoms with Crippen LogP contribution in [0.3, 0.4) is 0 Å². The van der Waals surface area contributed by atoms with Crippen LogP contribution in [-0.2, 0) is 4.74 Å². The fraction of sp³-hybridized carbons (Fsp3) is 0.261. The molecule has 1 amide bonds. The Hall–Kier alpha value is -3.39. The maximum absolute atomic E-state index is 13.3. The fourth-order valence-electron chi connectivity index (χ4n) is 3.00. The lowest BCUT2D eigenvalue weighted by Gasteiger charge is -2.22. The van der Waals surface area contributed by atoms with Gasteiger partial charge in [0.2, 0.25) is 0 Å². The van der Waals surface area contributed by atoms with E-state index in [9.17, 15) is 14.0 Å². The highest BCUT2D eigenvalue weighted by Crippen LogP contribution is 2.29. The van der Waals surface area contributed by atoms with Gasteiger partial charge in [0.25, 0.3) is 5.91 Å². The van der Waals surface area contributed by atoms with Gasteiger partial charge in [-0.25, -0.2) is 14.2 Å². The third-order valence-electron chi connectivity index (χ3n) is 4.40. The molecule has 9 heteroatoms. The summed E-state index contributed by atoms with van der Waals surface area (Å²) in [7, 11) is 3.68. The second-order valence-corrected chi connectivity index (χ2v) is 8.73. The maximum atomic E-state index is 13.3. The number of benzene rings is 2. The first-order valence-electron chi connectivity index (χ1n) is 9.80. The molecule has 0 spiro atoms. The minimum absolute atomic E-state index is 0.0207. The second kappa shape index (κ2) is 9.00. The van der Waals surface area contributed by atoms with Gasteiger partial charge >= 0.3 is 5.97 Å². The van der Waals surface area contributed by atoms with Gasteiger partial charge in [-0.1, -0.05) is 11.6 Å². The second-order valence-electron chi connectivity index (χ2n) is 8.33. The number of hydrogen-bond donors (Lipinski definition) is 1. The number of ether oxygens (including phenoxy) is 1. The molecule has 0 bridgehead atoms. The number of carbonyl (C=O) groups excluding carboxylic acids is 2. The largest absolute Gasteiger partial charge is 0.455 e. The van der Waals surface area contributed by atoms with Gasteiger partial charge in [-0.2, -0.15) is 0 Å². The molecule has 0 aliphatic heterocycles. The Morgan fingerprint density at radius 3 is 2.50 bits per heavy atom. The fourth-order valence-corrected chi connectivity index (χ4v) is 3.26. The number of imidazole rings is 1. The van der Waals surface area contributed by atoms with E-state index in [4.69, 9.17) is 16.3 Å². The Morgan fingerprint density at radius 2 is 1.88 bits per heavy atom. The summed E-state index contributed by atoms with van der Waals surface area (Å²) in [5.74, 6) is -1.49. The van der Waals surface area contributed by atoms with E-state index in [0.29, 0.717) is 11.4 Å². The molecule has 0 aliphatic rings. The summed E-state index contributed by atoms with van der Waals surface area (Å²) in [5.41, 5.74) is 1.68. The molecule has 0 atom stereocenters. The van der Waals surface area contributed by atoms with Gasteiger partial charge in [-0.15, -0.1) is 0 Å². The summed E-state index contributed by atoms with van der Waals surface area (Å²) < 4.78 is 20.4. The van der Waals surface area contributed by atoms with Crippen molar-refractivity contribution in [3.8, 4) is 5.69 Å². The molecular weight excluding hydrogens is 435 g/mol. The van der Waals surface area contributed by atoms with Crippen molar-refractivity contribution in [1.82, 2.24) is 9.55 Å². The minimum Gasteiger partial charge on any atom is -0.455 e. The van der Waals surface area contributed by atoms with Gasteiger partial charge in [0, 0.05) is 19.8 Å². The Bertz CT molecular complexity index is 1170. The molecule has 1 aromatic heterocycles. The minimum atomic E-state index is -0.647. The third kappa shape index (κ3) is 5.26. The number of esters is 1. The number of anilines is 2. The van der Waals surface area contributed by atoms with Gasteiger partial charge in [0.15, 0.2) is 5.69 Å². The summed E-state index contributed by atoms with van der Waals surface area (Å²) in [6.07, 6.45) is 2.97. The molecule has 3 aromatic rings. The Morgan fingerprint density at radius 1 is 1.16 bits per heavy atom. The quantitative estimate of drug-likeness (QED) is 0.548. The number of rotatable bonds is 5. The topological polar surface area (TPSA) is 76.5 Å². The van der Waals surface area contributed by atoms with Gasteiger partial charge < -0.3 is 15.0 Å². The number of halogens is 2. The molecule has 2 aromatic carbocycles. The van der Waals surface area contributed by atoms with Crippen LogP contribution in [0.5, 0.6) is 0 Å². The lowest BCUT2D eigenvalue weighted by Crippen LogP contribution is -2.25. The van der Waals surface area contributed by atoms with E-state index in [2.05, 4.69) is 10.3 Å². The van der Waals surface area contributed by atoms with Gasteiger partial charge in [-0.05, 0) is 57.2 Å². The Balaban J connectivity index is 1.94. The van der Waals surface area contributed by atoms with Crippen molar-refractivity contribution in [2.45, 2.75) is 26.4 Å². The average molecular weight is 459 g/mol. The van der Waals surface area contributed by atoms with Crippen molar-refractivity contribution >= 4 is 34.9 Å². The van der Waals surface area contributed by atoms with Gasteiger partial charge in [-0.3, -0.25) is 9.36 Å². The molecule has 32 heavy (non-hydrogen) atoms. The Labute approximate surface area is 190 Å². The molecule has 1 N–H and O–H groups in total. The zero-order chi connectivity index (χ0) is 23.6. The van der Waals surface area contributed by atoms with E-state index in [1.54, 1.807) is 43.5 Å². The van der Waals surface area contributed by atoms with Crippen LogP contribution in [-0.4, -0.2) is 41.1 Å². The van der Waals surface area contributed by atoms with Gasteiger partial charge in [0.05, 0.1) is 34.5 Å². The van der Waals surface area contributed by atoms with E-state index < -0.39 is 23.3 Å². The highest BCUT2D eigenvalue weighted by atomic mass is 35.5. The van der Waals surface area contributed by atoms with Crippen LogP contribution < -0.4 is 10.2 Å². The van der Waals surface area contributed by atoms with Crippen LogP contribution >= 0.6 is 11.6 Å². The van der Waals surface area contributed by atoms with E-state index in [0.717, 1.165) is 11.8 Å². The van der Waals surface area contributed by atoms with Crippen LogP contribution in [0.25, 0.3) is 5.69 Å². The monoisotopic (exact) mass is 458 g/mol. The predicted octanol–water partition coefficient (Wildman–Crippen LogP) is 4.94. The van der Waals surface area contributed by atoms with E-state index in [1.165, 1.54) is 24.7 Å². The zero-order valence-corrected chi connectivity index (χ0v) is 19.2. The molecular formula is C23H24ClFN4O3. The van der Waals surface area contributed by atoms with Crippen molar-refractivity contribution in [3.05, 3.63) is 71.0 Å². The van der Waals surface area contributed by atoms with Crippen molar-refractivity contribution in [1.29, 1.82) is 0 Å². The number of amides is 1. The summed E-state index contributed by atoms with van der Waals surface area (Å²) in [4.78, 5) is 31.2. The molecule has 1 heterocycles. The Kier molecular flexibility index (Phi) is 6.55. The van der Waals surface area contributed by atoms with Crippen LogP contribution in [0.2, 0.25) is 5.02 Å². The molecule has 0 fully saturated rings. The standard InChI is InChI=1S/C23H24ClFN4O3/c1-23(2,3)32-22(31)20-12-26-13-29(20)18-9-7-15(11-19(18)28(4)5)27-21(30)16-8-6-14(25)10-17(16)24/h6-13H,1-5H3,(H,27,30). The highest BCUT2D eigenvalue weighted by molar-refractivity contribution is 6.34. The molecule has 168 valence electrons. The summed E-state index contributed by atoms with van der Waals surface area (Å²) >= 11 is 5.99. The van der Waals surface area contributed by atoms with E-state index in [1.807, 2.05) is 19.0 Å². The van der Waals surface area contributed by atoms with E-state index >= 15 is 0 Å². The molecule has 0 saturated carbocycles.